The number of hydrogen-bond donors (Lipinski definition) is 0. The van der Waals surface area contributed by atoms with Crippen molar-refractivity contribution in [1.82, 2.24) is 9.80 Å². The molecule has 3 rings (SSSR count). The van der Waals surface area contributed by atoms with Crippen molar-refractivity contribution in [3.05, 3.63) is 29.3 Å². The Kier molecular flexibility index (Phi) is 6.01. The lowest BCUT2D eigenvalue weighted by molar-refractivity contribution is -0.136. The smallest absolute Gasteiger partial charge is 0.260 e. The van der Waals surface area contributed by atoms with Gasteiger partial charge >= 0.3 is 0 Å². The third-order valence-corrected chi connectivity index (χ3v) is 5.69. The fourth-order valence-electron chi connectivity index (χ4n) is 4.03. The quantitative estimate of drug-likeness (QED) is 0.813. The van der Waals surface area contributed by atoms with Gasteiger partial charge in [0.15, 0.2) is 6.61 Å². The van der Waals surface area contributed by atoms with E-state index in [1.165, 1.54) is 45.2 Å². The van der Waals surface area contributed by atoms with E-state index in [-0.39, 0.29) is 12.5 Å². The molecule has 1 aliphatic heterocycles. The highest BCUT2D eigenvalue weighted by Gasteiger charge is 2.35. The van der Waals surface area contributed by atoms with Crippen LogP contribution in [-0.2, 0) is 4.79 Å². The Balaban J connectivity index is 1.59. The SMILES string of the molecule is CN(C(=O)COc1ccccc1Cl)[C@@H]1CCCC[C@H]1N1CCCC1. The number of halogens is 1. The van der Waals surface area contributed by atoms with Crippen LogP contribution in [0.5, 0.6) is 5.75 Å². The van der Waals surface area contributed by atoms with Crippen LogP contribution in [0.1, 0.15) is 38.5 Å². The van der Waals surface area contributed by atoms with Crippen LogP contribution in [-0.4, -0.2) is 54.5 Å². The van der Waals surface area contributed by atoms with Gasteiger partial charge in [0.2, 0.25) is 0 Å². The molecule has 0 bridgehead atoms. The van der Waals surface area contributed by atoms with Gasteiger partial charge in [0.25, 0.3) is 5.91 Å². The minimum atomic E-state index is 0.0333. The molecule has 1 heterocycles. The third kappa shape index (κ3) is 4.04. The Morgan fingerprint density at radius 1 is 1.21 bits per heavy atom. The summed E-state index contributed by atoms with van der Waals surface area (Å²) in [7, 11) is 1.93. The summed E-state index contributed by atoms with van der Waals surface area (Å²) in [6.07, 6.45) is 7.35. The highest BCUT2D eigenvalue weighted by Crippen LogP contribution is 2.29. The van der Waals surface area contributed by atoms with Gasteiger partial charge in [0.05, 0.1) is 5.02 Å². The number of benzene rings is 1. The number of likely N-dealkylation sites (tertiary alicyclic amines) is 1. The lowest BCUT2D eigenvalue weighted by Gasteiger charge is -2.42. The average molecular weight is 351 g/mol. The summed E-state index contributed by atoms with van der Waals surface area (Å²) in [6.45, 7) is 2.40. The number of amides is 1. The molecular formula is C19H27ClN2O2. The third-order valence-electron chi connectivity index (χ3n) is 5.38. The van der Waals surface area contributed by atoms with E-state index in [1.807, 2.05) is 24.1 Å². The Labute approximate surface area is 149 Å². The van der Waals surface area contributed by atoms with Gasteiger partial charge in [-0.05, 0) is 50.9 Å². The second-order valence-electron chi connectivity index (χ2n) is 6.89. The molecule has 1 aromatic carbocycles. The van der Waals surface area contributed by atoms with Gasteiger partial charge in [0, 0.05) is 19.1 Å². The molecule has 1 aromatic rings. The number of para-hydroxylation sites is 1. The van der Waals surface area contributed by atoms with Crippen LogP contribution in [0.2, 0.25) is 5.02 Å². The fraction of sp³-hybridized carbons (Fsp3) is 0.632. The molecule has 2 atom stereocenters. The lowest BCUT2D eigenvalue weighted by atomic mass is 9.88. The van der Waals surface area contributed by atoms with Gasteiger partial charge in [-0.25, -0.2) is 0 Å². The molecule has 0 radical (unpaired) electrons. The summed E-state index contributed by atoms with van der Waals surface area (Å²) in [5.41, 5.74) is 0. The van der Waals surface area contributed by atoms with Crippen LogP contribution in [0.25, 0.3) is 0 Å². The van der Waals surface area contributed by atoms with Crippen molar-refractivity contribution in [3.8, 4) is 5.75 Å². The van der Waals surface area contributed by atoms with Crippen LogP contribution in [0.15, 0.2) is 24.3 Å². The minimum Gasteiger partial charge on any atom is -0.482 e. The molecule has 2 fully saturated rings. The maximum Gasteiger partial charge on any atom is 0.260 e. The highest BCUT2D eigenvalue weighted by molar-refractivity contribution is 6.32. The Morgan fingerprint density at radius 3 is 2.67 bits per heavy atom. The molecule has 24 heavy (non-hydrogen) atoms. The molecule has 2 aliphatic rings. The number of carbonyl (C=O) groups excluding carboxylic acids is 1. The number of likely N-dealkylation sites (N-methyl/N-ethyl adjacent to an activating group) is 1. The summed E-state index contributed by atoms with van der Waals surface area (Å²) in [6, 6.07) is 8.10. The zero-order valence-electron chi connectivity index (χ0n) is 14.4. The van der Waals surface area contributed by atoms with E-state index >= 15 is 0 Å². The standard InChI is InChI=1S/C19H27ClN2O2/c1-21(19(23)14-24-18-11-5-2-8-15(18)20)16-9-3-4-10-17(16)22-12-6-7-13-22/h2,5,8,11,16-17H,3-4,6-7,9-10,12-14H2,1H3/t16-,17-/m1/s1. The van der Waals surface area contributed by atoms with Crippen LogP contribution in [0, 0.1) is 0 Å². The van der Waals surface area contributed by atoms with Crippen molar-refractivity contribution >= 4 is 17.5 Å². The monoisotopic (exact) mass is 350 g/mol. The summed E-state index contributed by atoms with van der Waals surface area (Å²) in [5, 5.41) is 0.542. The second-order valence-corrected chi connectivity index (χ2v) is 7.29. The van der Waals surface area contributed by atoms with Gasteiger partial charge in [-0.3, -0.25) is 9.69 Å². The van der Waals surface area contributed by atoms with E-state index in [0.29, 0.717) is 22.9 Å². The predicted octanol–water partition coefficient (Wildman–Crippen LogP) is 3.58. The maximum absolute atomic E-state index is 12.6. The molecule has 5 heteroatoms. The van der Waals surface area contributed by atoms with Crippen LogP contribution < -0.4 is 4.74 Å². The molecule has 1 saturated heterocycles. The molecule has 0 spiro atoms. The molecular weight excluding hydrogens is 324 g/mol. The van der Waals surface area contributed by atoms with Crippen molar-refractivity contribution < 1.29 is 9.53 Å². The van der Waals surface area contributed by atoms with Crippen molar-refractivity contribution in [3.63, 3.8) is 0 Å². The zero-order valence-corrected chi connectivity index (χ0v) is 15.2. The second kappa shape index (κ2) is 8.21. The van der Waals surface area contributed by atoms with E-state index in [2.05, 4.69) is 4.90 Å². The van der Waals surface area contributed by atoms with E-state index in [1.54, 1.807) is 12.1 Å². The molecule has 1 amide bonds. The van der Waals surface area contributed by atoms with Crippen molar-refractivity contribution in [1.29, 1.82) is 0 Å². The molecule has 4 nitrogen and oxygen atoms in total. The largest absolute Gasteiger partial charge is 0.482 e. The Morgan fingerprint density at radius 2 is 1.92 bits per heavy atom. The number of nitrogens with zero attached hydrogens (tertiary/aromatic N) is 2. The predicted molar refractivity (Wildman–Crippen MR) is 96.6 cm³/mol. The number of rotatable bonds is 5. The van der Waals surface area contributed by atoms with E-state index in [4.69, 9.17) is 16.3 Å². The minimum absolute atomic E-state index is 0.0333. The Hall–Kier alpha value is -1.26. The molecule has 0 aromatic heterocycles. The fourth-order valence-corrected chi connectivity index (χ4v) is 4.22. The van der Waals surface area contributed by atoms with Crippen molar-refractivity contribution in [2.24, 2.45) is 0 Å². The van der Waals surface area contributed by atoms with Crippen molar-refractivity contribution in [2.75, 3.05) is 26.7 Å². The molecule has 132 valence electrons. The summed E-state index contributed by atoms with van der Waals surface area (Å²) >= 11 is 6.09. The first-order valence-electron chi connectivity index (χ1n) is 9.04. The molecule has 0 N–H and O–H groups in total. The highest BCUT2D eigenvalue weighted by atomic mass is 35.5. The lowest BCUT2D eigenvalue weighted by Crippen LogP contribution is -2.53. The van der Waals surface area contributed by atoms with Gasteiger partial charge in [-0.2, -0.15) is 0 Å². The Bertz CT molecular complexity index is 560. The maximum atomic E-state index is 12.6. The number of hydrogen-bond acceptors (Lipinski definition) is 3. The summed E-state index contributed by atoms with van der Waals surface area (Å²) in [5.74, 6) is 0.603. The number of carbonyl (C=O) groups is 1. The first kappa shape index (κ1) is 17.6. The average Bonchev–Trinajstić information content (AvgIpc) is 3.14. The van der Waals surface area contributed by atoms with Crippen LogP contribution in [0.3, 0.4) is 0 Å². The zero-order chi connectivity index (χ0) is 16.9. The van der Waals surface area contributed by atoms with Gasteiger partial charge in [0.1, 0.15) is 5.75 Å². The molecule has 0 unspecified atom stereocenters. The normalized spacial score (nSPS) is 24.8. The van der Waals surface area contributed by atoms with Gasteiger partial charge in [-0.15, -0.1) is 0 Å². The van der Waals surface area contributed by atoms with E-state index < -0.39 is 0 Å². The van der Waals surface area contributed by atoms with E-state index in [9.17, 15) is 4.79 Å². The molecule has 1 aliphatic carbocycles. The number of ether oxygens (including phenoxy) is 1. The van der Waals surface area contributed by atoms with E-state index in [0.717, 1.165) is 6.42 Å². The summed E-state index contributed by atoms with van der Waals surface area (Å²) < 4.78 is 5.63. The topological polar surface area (TPSA) is 32.8 Å². The first-order valence-corrected chi connectivity index (χ1v) is 9.41. The van der Waals surface area contributed by atoms with Crippen molar-refractivity contribution in [2.45, 2.75) is 50.6 Å². The van der Waals surface area contributed by atoms with Crippen LogP contribution in [0.4, 0.5) is 0 Å². The van der Waals surface area contributed by atoms with Gasteiger partial charge < -0.3 is 9.64 Å². The summed E-state index contributed by atoms with van der Waals surface area (Å²) in [4.78, 5) is 17.1. The van der Waals surface area contributed by atoms with Crippen LogP contribution >= 0.6 is 11.6 Å². The molecule has 1 saturated carbocycles. The first-order chi connectivity index (χ1) is 11.7. The van der Waals surface area contributed by atoms with Gasteiger partial charge in [-0.1, -0.05) is 36.6 Å².